The number of pyridine rings is 1. The van der Waals surface area contributed by atoms with Gasteiger partial charge >= 0.3 is 0 Å². The van der Waals surface area contributed by atoms with Gasteiger partial charge in [-0.2, -0.15) is 0 Å². The van der Waals surface area contributed by atoms with E-state index < -0.39 is 0 Å². The van der Waals surface area contributed by atoms with Crippen molar-refractivity contribution in [1.29, 1.82) is 0 Å². The number of hydrogen-bond acceptors (Lipinski definition) is 2. The quantitative estimate of drug-likeness (QED) is 0.708. The molecule has 0 spiro atoms. The van der Waals surface area contributed by atoms with Gasteiger partial charge in [0, 0.05) is 48.7 Å². The summed E-state index contributed by atoms with van der Waals surface area (Å²) in [6, 6.07) is 9.14. The van der Waals surface area contributed by atoms with Crippen molar-refractivity contribution in [2.24, 2.45) is 0 Å². The normalized spacial score (nSPS) is 15.3. The summed E-state index contributed by atoms with van der Waals surface area (Å²) in [5.41, 5.74) is 5.66. The molecular weight excluding hydrogens is 301 g/mol. The second-order valence-electron chi connectivity index (χ2n) is 6.49. The van der Waals surface area contributed by atoms with E-state index in [0.29, 0.717) is 0 Å². The van der Waals surface area contributed by atoms with Gasteiger partial charge in [-0.3, -0.25) is 4.98 Å². The van der Waals surface area contributed by atoms with Crippen molar-refractivity contribution in [2.75, 3.05) is 13.6 Å². The van der Waals surface area contributed by atoms with Crippen molar-refractivity contribution in [1.82, 2.24) is 14.5 Å². The van der Waals surface area contributed by atoms with E-state index in [2.05, 4.69) is 39.8 Å². The highest BCUT2D eigenvalue weighted by molar-refractivity contribution is 5.88. The summed E-state index contributed by atoms with van der Waals surface area (Å²) in [4.78, 5) is 6.62. The Morgan fingerprint density at radius 1 is 1.21 bits per heavy atom. The lowest BCUT2D eigenvalue weighted by atomic mass is 10.1. The van der Waals surface area contributed by atoms with Crippen molar-refractivity contribution >= 4 is 23.2 Å². The summed E-state index contributed by atoms with van der Waals surface area (Å²) in [5.74, 6) is -0.178. The highest BCUT2D eigenvalue weighted by Crippen LogP contribution is 2.31. The Balaban J connectivity index is 1.84. The minimum absolute atomic E-state index is 0.178. The van der Waals surface area contributed by atoms with Gasteiger partial charge in [-0.1, -0.05) is 6.07 Å². The van der Waals surface area contributed by atoms with E-state index in [0.717, 1.165) is 41.7 Å². The Labute approximate surface area is 141 Å². The number of rotatable bonds is 2. The van der Waals surface area contributed by atoms with Gasteiger partial charge in [0.15, 0.2) is 0 Å². The minimum atomic E-state index is -0.178. The van der Waals surface area contributed by atoms with E-state index in [4.69, 9.17) is 0 Å². The first-order valence-corrected chi connectivity index (χ1v) is 8.22. The third-order valence-corrected chi connectivity index (χ3v) is 4.69. The zero-order valence-electron chi connectivity index (χ0n) is 14.0. The number of fused-ring (bicyclic) bond motifs is 3. The fraction of sp³-hybridized carbons (Fsp3) is 0.250. The lowest BCUT2D eigenvalue weighted by Gasteiger charge is -2.23. The van der Waals surface area contributed by atoms with Crippen LogP contribution in [0.15, 0.2) is 36.5 Å². The molecule has 3 nitrogen and oxygen atoms in total. The van der Waals surface area contributed by atoms with Crippen molar-refractivity contribution in [3.63, 3.8) is 0 Å². The first kappa shape index (κ1) is 15.1. The van der Waals surface area contributed by atoms with Crippen LogP contribution in [0, 0.1) is 12.7 Å². The van der Waals surface area contributed by atoms with Gasteiger partial charge in [-0.05, 0) is 55.4 Å². The molecule has 4 rings (SSSR count). The minimum Gasteiger partial charge on any atom is -0.320 e. The molecule has 0 unspecified atom stereocenters. The van der Waals surface area contributed by atoms with Crippen LogP contribution >= 0.6 is 0 Å². The number of aryl methyl sites for hydroxylation is 1. The maximum Gasteiger partial charge on any atom is 0.123 e. The Morgan fingerprint density at radius 2 is 2.08 bits per heavy atom. The van der Waals surface area contributed by atoms with Gasteiger partial charge in [0.1, 0.15) is 5.82 Å². The first-order valence-electron chi connectivity index (χ1n) is 8.22. The molecule has 3 heterocycles. The molecule has 2 aromatic heterocycles. The van der Waals surface area contributed by atoms with Crippen LogP contribution in [0.4, 0.5) is 4.39 Å². The van der Waals surface area contributed by atoms with Crippen LogP contribution in [0.2, 0.25) is 0 Å². The number of hydrogen-bond donors (Lipinski definition) is 0. The Kier molecular flexibility index (Phi) is 3.69. The Hall–Kier alpha value is -2.46. The number of aromatic nitrogens is 2. The molecule has 1 aromatic carbocycles. The molecule has 0 bridgehead atoms. The SMILES string of the molecule is Cc1ccc(C=Cn2c3c(c4cc(F)ccc42)CN(C)CC3)cn1. The fourth-order valence-corrected chi connectivity index (χ4v) is 3.41. The van der Waals surface area contributed by atoms with E-state index in [1.165, 1.54) is 17.3 Å². The summed E-state index contributed by atoms with van der Waals surface area (Å²) in [6.45, 7) is 3.86. The van der Waals surface area contributed by atoms with Crippen LogP contribution in [0.5, 0.6) is 0 Å². The van der Waals surface area contributed by atoms with E-state index in [-0.39, 0.29) is 5.82 Å². The Morgan fingerprint density at radius 3 is 2.88 bits per heavy atom. The average Bonchev–Trinajstić information content (AvgIpc) is 2.87. The predicted octanol–water partition coefficient (Wildman–Crippen LogP) is 4.10. The third kappa shape index (κ3) is 2.63. The molecule has 0 amide bonds. The molecule has 1 aliphatic rings. The van der Waals surface area contributed by atoms with Crippen molar-refractivity contribution < 1.29 is 4.39 Å². The molecule has 24 heavy (non-hydrogen) atoms. The van der Waals surface area contributed by atoms with Gasteiger partial charge < -0.3 is 9.47 Å². The van der Waals surface area contributed by atoms with Gasteiger partial charge in [0.05, 0.1) is 5.52 Å². The maximum atomic E-state index is 13.8. The van der Waals surface area contributed by atoms with Gasteiger partial charge in [-0.25, -0.2) is 4.39 Å². The molecule has 0 fully saturated rings. The predicted molar refractivity (Wildman–Crippen MR) is 96.1 cm³/mol. The summed E-state index contributed by atoms with van der Waals surface area (Å²) in [6.07, 6.45) is 6.99. The molecule has 0 saturated carbocycles. The smallest absolute Gasteiger partial charge is 0.123 e. The average molecular weight is 321 g/mol. The molecule has 4 heteroatoms. The van der Waals surface area contributed by atoms with Crippen molar-refractivity contribution in [2.45, 2.75) is 19.9 Å². The van der Waals surface area contributed by atoms with Crippen LogP contribution in [0.25, 0.3) is 23.2 Å². The zero-order valence-corrected chi connectivity index (χ0v) is 14.0. The van der Waals surface area contributed by atoms with E-state index in [1.54, 1.807) is 6.07 Å². The molecular formula is C20H20FN3. The van der Waals surface area contributed by atoms with E-state index >= 15 is 0 Å². The van der Waals surface area contributed by atoms with Crippen LogP contribution in [-0.4, -0.2) is 28.0 Å². The third-order valence-electron chi connectivity index (χ3n) is 4.69. The number of likely N-dealkylation sites (N-methyl/N-ethyl adjacent to an activating group) is 1. The van der Waals surface area contributed by atoms with Crippen molar-refractivity contribution in [3.8, 4) is 0 Å². The standard InChI is InChI=1S/C20H20FN3/c1-14-3-4-15(12-22-14)7-10-24-19-6-5-16(21)11-17(19)18-13-23(2)9-8-20(18)24/h3-7,10-12H,8-9,13H2,1-2H3. The largest absolute Gasteiger partial charge is 0.320 e. The topological polar surface area (TPSA) is 21.1 Å². The van der Waals surface area contributed by atoms with Crippen LogP contribution in [0.1, 0.15) is 22.5 Å². The zero-order chi connectivity index (χ0) is 16.7. The van der Waals surface area contributed by atoms with Gasteiger partial charge in [0.25, 0.3) is 0 Å². The molecule has 0 aliphatic carbocycles. The summed E-state index contributed by atoms with van der Waals surface area (Å²) in [5, 5.41) is 1.02. The monoisotopic (exact) mass is 321 g/mol. The Bertz CT molecular complexity index is 922. The highest BCUT2D eigenvalue weighted by Gasteiger charge is 2.21. The molecule has 0 saturated heterocycles. The maximum absolute atomic E-state index is 13.8. The van der Waals surface area contributed by atoms with Crippen LogP contribution < -0.4 is 0 Å². The van der Waals surface area contributed by atoms with E-state index in [9.17, 15) is 4.39 Å². The van der Waals surface area contributed by atoms with Crippen molar-refractivity contribution in [3.05, 3.63) is 64.9 Å². The molecule has 0 N–H and O–H groups in total. The molecule has 3 aromatic rings. The van der Waals surface area contributed by atoms with E-state index in [1.807, 2.05) is 25.3 Å². The second kappa shape index (κ2) is 5.87. The lowest BCUT2D eigenvalue weighted by molar-refractivity contribution is 0.312. The number of nitrogens with zero attached hydrogens (tertiary/aromatic N) is 3. The molecule has 0 atom stereocenters. The second-order valence-corrected chi connectivity index (χ2v) is 6.49. The number of benzene rings is 1. The molecule has 1 aliphatic heterocycles. The highest BCUT2D eigenvalue weighted by atomic mass is 19.1. The first-order chi connectivity index (χ1) is 11.6. The fourth-order valence-electron chi connectivity index (χ4n) is 3.41. The number of halogens is 1. The molecule has 122 valence electrons. The van der Waals surface area contributed by atoms with Gasteiger partial charge in [-0.15, -0.1) is 0 Å². The summed E-state index contributed by atoms with van der Waals surface area (Å²) in [7, 11) is 2.11. The summed E-state index contributed by atoms with van der Waals surface area (Å²) >= 11 is 0. The lowest BCUT2D eigenvalue weighted by Crippen LogP contribution is -2.26. The summed E-state index contributed by atoms with van der Waals surface area (Å²) < 4.78 is 16.0. The van der Waals surface area contributed by atoms with Crippen LogP contribution in [0.3, 0.4) is 0 Å². The molecule has 0 radical (unpaired) electrons. The van der Waals surface area contributed by atoms with Gasteiger partial charge in [0.2, 0.25) is 0 Å². The van der Waals surface area contributed by atoms with Crippen LogP contribution in [-0.2, 0) is 13.0 Å².